The van der Waals surface area contributed by atoms with Crippen LogP contribution in [0.15, 0.2) is 24.3 Å². The lowest BCUT2D eigenvalue weighted by Crippen LogP contribution is -1.78. The Morgan fingerprint density at radius 2 is 1.00 bits per heavy atom. The Bertz CT molecular complexity index is 126. The van der Waals surface area contributed by atoms with Crippen LogP contribution in [-0.2, 0) is 0 Å². The monoisotopic (exact) mass is 163 g/mol. The summed E-state index contributed by atoms with van der Waals surface area (Å²) in [7, 11) is 0. The van der Waals surface area contributed by atoms with E-state index in [1.165, 1.54) is 44.9 Å². The van der Waals surface area contributed by atoms with Crippen LogP contribution < -0.4 is 0 Å². The van der Waals surface area contributed by atoms with E-state index in [0.29, 0.717) is 0 Å². The summed E-state index contributed by atoms with van der Waals surface area (Å²) in [4.78, 5) is 0. The number of rotatable bonds is 0. The van der Waals surface area contributed by atoms with E-state index >= 15 is 0 Å². The van der Waals surface area contributed by atoms with Crippen molar-refractivity contribution in [2.75, 3.05) is 0 Å². The van der Waals surface area contributed by atoms with Crippen LogP contribution in [0.25, 0.3) is 0 Å². The zero-order chi connectivity index (χ0) is 8.49. The van der Waals surface area contributed by atoms with Gasteiger partial charge in [0.2, 0.25) is 0 Å². The molecule has 0 unspecified atom stereocenters. The summed E-state index contributed by atoms with van der Waals surface area (Å²) in [5.74, 6) is 0. The van der Waals surface area contributed by atoms with Crippen molar-refractivity contribution in [3.8, 4) is 0 Å². The van der Waals surface area contributed by atoms with Crippen molar-refractivity contribution < 1.29 is 0 Å². The van der Waals surface area contributed by atoms with Gasteiger partial charge < -0.3 is 0 Å². The maximum Gasteiger partial charge on any atom is -0.0348 e. The average Bonchev–Trinajstić information content (AvgIpc) is 2.05. The lowest BCUT2D eigenvalue weighted by molar-refractivity contribution is 0.822. The summed E-state index contributed by atoms with van der Waals surface area (Å²) in [6.07, 6.45) is 20.5. The molecule has 0 saturated carbocycles. The Kier molecular flexibility index (Phi) is 5.70. The van der Waals surface area contributed by atoms with Gasteiger partial charge in [-0.25, -0.2) is 0 Å². The third-order valence-corrected chi connectivity index (χ3v) is 2.15. The largest absolute Gasteiger partial charge is 0.0885 e. The minimum Gasteiger partial charge on any atom is -0.0885 e. The molecule has 1 rings (SSSR count). The van der Waals surface area contributed by atoms with Gasteiger partial charge in [0, 0.05) is 0 Å². The number of hydrogen-bond acceptors (Lipinski definition) is 0. The SMILES string of the molecule is [CH]1CC/C=C\CCC/C=C/CC1. The summed E-state index contributed by atoms with van der Waals surface area (Å²) >= 11 is 0. The smallest absolute Gasteiger partial charge is 0.0348 e. The molecule has 0 aliphatic heterocycles. The van der Waals surface area contributed by atoms with E-state index in [4.69, 9.17) is 0 Å². The minimum absolute atomic E-state index is 1.24. The van der Waals surface area contributed by atoms with E-state index in [1.807, 2.05) is 0 Å². The first-order valence-corrected chi connectivity index (χ1v) is 5.12. The van der Waals surface area contributed by atoms with Gasteiger partial charge >= 0.3 is 0 Å². The van der Waals surface area contributed by atoms with Gasteiger partial charge in [-0.05, 0) is 51.4 Å². The van der Waals surface area contributed by atoms with Crippen LogP contribution in [0.1, 0.15) is 44.9 Å². The minimum atomic E-state index is 1.24. The fourth-order valence-electron chi connectivity index (χ4n) is 1.40. The molecule has 0 nitrogen and oxygen atoms in total. The highest BCUT2D eigenvalue weighted by molar-refractivity contribution is 4.89. The van der Waals surface area contributed by atoms with Crippen molar-refractivity contribution >= 4 is 0 Å². The van der Waals surface area contributed by atoms with E-state index in [2.05, 4.69) is 30.7 Å². The lowest BCUT2D eigenvalue weighted by atomic mass is 10.1. The van der Waals surface area contributed by atoms with E-state index in [0.717, 1.165) is 0 Å². The average molecular weight is 163 g/mol. The molecule has 0 heteroatoms. The van der Waals surface area contributed by atoms with Crippen LogP contribution in [-0.4, -0.2) is 0 Å². The van der Waals surface area contributed by atoms with Gasteiger partial charge in [-0.15, -0.1) is 0 Å². The number of hydrogen-bond donors (Lipinski definition) is 0. The second-order valence-corrected chi connectivity index (χ2v) is 3.32. The first-order valence-electron chi connectivity index (χ1n) is 5.12. The Balaban J connectivity index is 2.19. The summed E-state index contributed by atoms with van der Waals surface area (Å²) in [6, 6.07) is 0. The third kappa shape index (κ3) is 5.17. The standard InChI is InChI=1S/C12H19/c1-2-4-6-8-10-12-11-9-7-5-3-1/h1-2,7,10,12H,3-6,8-9,11H2/b2-1-,12-10+. The lowest BCUT2D eigenvalue weighted by Gasteiger charge is -1.97. The van der Waals surface area contributed by atoms with Crippen molar-refractivity contribution in [3.05, 3.63) is 30.7 Å². The zero-order valence-corrected chi connectivity index (χ0v) is 7.84. The normalized spacial score (nSPS) is 26.7. The fourth-order valence-corrected chi connectivity index (χ4v) is 1.40. The molecule has 0 saturated heterocycles. The Morgan fingerprint density at radius 1 is 0.500 bits per heavy atom. The summed E-state index contributed by atoms with van der Waals surface area (Å²) < 4.78 is 0. The predicted octanol–water partition coefficient (Wildman–Crippen LogP) is 4.05. The summed E-state index contributed by atoms with van der Waals surface area (Å²) in [6.45, 7) is 0. The molecule has 1 aliphatic rings. The molecule has 0 heterocycles. The molecule has 0 spiro atoms. The second kappa shape index (κ2) is 7.15. The molecule has 0 bridgehead atoms. The highest BCUT2D eigenvalue weighted by Gasteiger charge is 1.88. The molecule has 0 aromatic carbocycles. The van der Waals surface area contributed by atoms with E-state index in [-0.39, 0.29) is 0 Å². The van der Waals surface area contributed by atoms with Crippen LogP contribution in [0, 0.1) is 6.42 Å². The Hall–Kier alpha value is -0.520. The van der Waals surface area contributed by atoms with Gasteiger partial charge in [-0.1, -0.05) is 24.3 Å². The van der Waals surface area contributed by atoms with Crippen molar-refractivity contribution in [1.82, 2.24) is 0 Å². The first kappa shape index (κ1) is 9.57. The van der Waals surface area contributed by atoms with Crippen molar-refractivity contribution in [1.29, 1.82) is 0 Å². The molecule has 12 heavy (non-hydrogen) atoms. The third-order valence-electron chi connectivity index (χ3n) is 2.15. The van der Waals surface area contributed by atoms with Crippen LogP contribution in [0.4, 0.5) is 0 Å². The highest BCUT2D eigenvalue weighted by Crippen LogP contribution is 2.07. The molecule has 0 aromatic rings. The molecule has 0 fully saturated rings. The van der Waals surface area contributed by atoms with Crippen molar-refractivity contribution in [2.45, 2.75) is 44.9 Å². The zero-order valence-electron chi connectivity index (χ0n) is 7.84. The van der Waals surface area contributed by atoms with Crippen LogP contribution >= 0.6 is 0 Å². The molecule has 0 N–H and O–H groups in total. The highest BCUT2D eigenvalue weighted by atomic mass is 13.9. The van der Waals surface area contributed by atoms with Gasteiger partial charge in [0.15, 0.2) is 0 Å². The maximum atomic E-state index is 2.40. The molecular formula is C12H19. The predicted molar refractivity (Wildman–Crippen MR) is 54.9 cm³/mol. The summed E-state index contributed by atoms with van der Waals surface area (Å²) in [5.41, 5.74) is 0. The van der Waals surface area contributed by atoms with Gasteiger partial charge in [0.1, 0.15) is 0 Å². The van der Waals surface area contributed by atoms with Gasteiger partial charge in [0.05, 0.1) is 0 Å². The maximum absolute atomic E-state index is 2.40. The van der Waals surface area contributed by atoms with E-state index in [1.54, 1.807) is 0 Å². The number of allylic oxidation sites excluding steroid dienone is 4. The molecule has 0 amide bonds. The summed E-state index contributed by atoms with van der Waals surface area (Å²) in [5, 5.41) is 0. The van der Waals surface area contributed by atoms with Crippen LogP contribution in [0.5, 0.6) is 0 Å². The molecule has 67 valence electrons. The van der Waals surface area contributed by atoms with Crippen LogP contribution in [0.2, 0.25) is 0 Å². The molecule has 0 atom stereocenters. The Morgan fingerprint density at radius 3 is 1.58 bits per heavy atom. The Labute approximate surface area is 76.4 Å². The van der Waals surface area contributed by atoms with Crippen molar-refractivity contribution in [3.63, 3.8) is 0 Å². The van der Waals surface area contributed by atoms with Gasteiger partial charge in [-0.3, -0.25) is 0 Å². The molecule has 1 aliphatic carbocycles. The van der Waals surface area contributed by atoms with E-state index in [9.17, 15) is 0 Å². The fraction of sp³-hybridized carbons (Fsp3) is 0.583. The van der Waals surface area contributed by atoms with E-state index < -0.39 is 0 Å². The topological polar surface area (TPSA) is 0 Å². The van der Waals surface area contributed by atoms with Crippen LogP contribution in [0.3, 0.4) is 0 Å². The first-order chi connectivity index (χ1) is 6.00. The van der Waals surface area contributed by atoms with Gasteiger partial charge in [-0.2, -0.15) is 0 Å². The van der Waals surface area contributed by atoms with Crippen molar-refractivity contribution in [2.24, 2.45) is 0 Å². The van der Waals surface area contributed by atoms with Gasteiger partial charge in [0.25, 0.3) is 0 Å². The molecule has 0 aromatic heterocycles. The molecular weight excluding hydrogens is 144 g/mol. The quantitative estimate of drug-likeness (QED) is 0.473. The second-order valence-electron chi connectivity index (χ2n) is 3.32. The molecule has 1 radical (unpaired) electrons.